The first kappa shape index (κ1) is 14.6. The molecule has 1 aromatic heterocycles. The van der Waals surface area contributed by atoms with Crippen LogP contribution in [-0.4, -0.2) is 24.0 Å². The topological polar surface area (TPSA) is 45.2 Å². The molecule has 1 aromatic carbocycles. The number of amides is 1. The molecule has 1 saturated heterocycles. The van der Waals surface area contributed by atoms with Crippen LogP contribution in [0, 0.1) is 6.92 Å². The summed E-state index contributed by atoms with van der Waals surface area (Å²) in [6, 6.07) is 13.4. The minimum absolute atomic E-state index is 0.159. The Balaban J connectivity index is 1.76. The molecule has 1 N–H and O–H groups in total. The van der Waals surface area contributed by atoms with Crippen LogP contribution >= 0.6 is 0 Å². The summed E-state index contributed by atoms with van der Waals surface area (Å²) in [4.78, 5) is 19.2. The molecule has 1 aliphatic rings. The minimum Gasteiger partial charge on any atom is -0.357 e. The van der Waals surface area contributed by atoms with Gasteiger partial charge in [-0.1, -0.05) is 24.3 Å². The van der Waals surface area contributed by atoms with Crippen LogP contribution in [0.1, 0.15) is 35.3 Å². The average molecular weight is 295 g/mol. The molecule has 0 spiro atoms. The number of para-hydroxylation sites is 1. The van der Waals surface area contributed by atoms with Gasteiger partial charge in [0.2, 0.25) is 0 Å². The zero-order valence-electron chi connectivity index (χ0n) is 12.9. The molecule has 0 bridgehead atoms. The number of hydrogen-bond acceptors (Lipinski definition) is 3. The zero-order chi connectivity index (χ0) is 15.4. The third-order valence-electron chi connectivity index (χ3n) is 4.04. The van der Waals surface area contributed by atoms with Crippen LogP contribution in [0.4, 0.5) is 11.5 Å². The highest BCUT2D eigenvalue weighted by Crippen LogP contribution is 2.19. The van der Waals surface area contributed by atoms with E-state index in [4.69, 9.17) is 0 Å². The van der Waals surface area contributed by atoms with Crippen LogP contribution in [0.15, 0.2) is 42.5 Å². The summed E-state index contributed by atoms with van der Waals surface area (Å²) in [5, 5.41) is 2.94. The normalized spacial score (nSPS) is 14.7. The van der Waals surface area contributed by atoms with Crippen molar-refractivity contribution in [2.75, 3.05) is 23.3 Å². The van der Waals surface area contributed by atoms with Crippen molar-refractivity contribution in [2.24, 2.45) is 0 Å². The fraction of sp³-hybridized carbons (Fsp3) is 0.333. The van der Waals surface area contributed by atoms with Gasteiger partial charge in [-0.05, 0) is 49.9 Å². The van der Waals surface area contributed by atoms with Gasteiger partial charge >= 0.3 is 0 Å². The summed E-state index contributed by atoms with van der Waals surface area (Å²) in [5.74, 6) is 0.741. The first-order chi connectivity index (χ1) is 10.7. The maximum absolute atomic E-state index is 12.4. The van der Waals surface area contributed by atoms with Crippen LogP contribution in [0.25, 0.3) is 0 Å². The van der Waals surface area contributed by atoms with Crippen molar-refractivity contribution in [3.63, 3.8) is 0 Å². The van der Waals surface area contributed by atoms with Gasteiger partial charge in [0.05, 0.1) is 0 Å². The van der Waals surface area contributed by atoms with Gasteiger partial charge in [-0.3, -0.25) is 4.79 Å². The number of rotatable bonds is 3. The molecular weight excluding hydrogens is 274 g/mol. The highest BCUT2D eigenvalue weighted by Gasteiger charge is 2.15. The molecule has 0 radical (unpaired) electrons. The lowest BCUT2D eigenvalue weighted by atomic mass is 10.1. The minimum atomic E-state index is -0.159. The van der Waals surface area contributed by atoms with E-state index >= 15 is 0 Å². The van der Waals surface area contributed by atoms with E-state index < -0.39 is 0 Å². The van der Waals surface area contributed by atoms with E-state index in [2.05, 4.69) is 15.2 Å². The van der Waals surface area contributed by atoms with Gasteiger partial charge in [0.25, 0.3) is 5.91 Å². The van der Waals surface area contributed by atoms with E-state index in [1.807, 2.05) is 43.3 Å². The van der Waals surface area contributed by atoms with E-state index in [0.29, 0.717) is 5.69 Å². The molecule has 2 aromatic rings. The smallest absolute Gasteiger partial charge is 0.274 e. The molecule has 2 heterocycles. The molecular formula is C18H21N3O. The first-order valence-corrected chi connectivity index (χ1v) is 7.83. The van der Waals surface area contributed by atoms with Crippen molar-refractivity contribution in [1.82, 2.24) is 4.98 Å². The summed E-state index contributed by atoms with van der Waals surface area (Å²) in [6.07, 6.45) is 3.67. The number of carbonyl (C=O) groups excluding carboxylic acids is 1. The number of hydrogen-bond donors (Lipinski definition) is 1. The monoisotopic (exact) mass is 295 g/mol. The number of nitrogens with one attached hydrogen (secondary N) is 1. The SMILES string of the molecule is Cc1ccccc1NC(=O)c1cccc(N2CCCCC2)n1. The van der Waals surface area contributed by atoms with E-state index in [0.717, 1.165) is 30.2 Å². The number of aromatic nitrogens is 1. The molecule has 0 aliphatic carbocycles. The van der Waals surface area contributed by atoms with Crippen molar-refractivity contribution in [3.8, 4) is 0 Å². The number of aryl methyl sites for hydroxylation is 1. The van der Waals surface area contributed by atoms with Crippen LogP contribution in [0.3, 0.4) is 0 Å². The molecule has 1 aliphatic heterocycles. The second-order valence-corrected chi connectivity index (χ2v) is 5.70. The second-order valence-electron chi connectivity index (χ2n) is 5.70. The molecule has 114 valence electrons. The number of anilines is 2. The van der Waals surface area contributed by atoms with E-state index in [1.165, 1.54) is 19.3 Å². The van der Waals surface area contributed by atoms with Crippen molar-refractivity contribution >= 4 is 17.4 Å². The van der Waals surface area contributed by atoms with Gasteiger partial charge in [-0.2, -0.15) is 0 Å². The van der Waals surface area contributed by atoms with Crippen LogP contribution < -0.4 is 10.2 Å². The van der Waals surface area contributed by atoms with Crippen LogP contribution in [0.2, 0.25) is 0 Å². The standard InChI is InChI=1S/C18H21N3O/c1-14-8-3-4-9-15(14)20-18(22)16-10-7-11-17(19-16)21-12-5-2-6-13-21/h3-4,7-11H,2,5-6,12-13H2,1H3,(H,20,22). The quantitative estimate of drug-likeness (QED) is 0.940. The summed E-state index contributed by atoms with van der Waals surface area (Å²) in [7, 11) is 0. The molecule has 1 fully saturated rings. The third kappa shape index (κ3) is 3.27. The van der Waals surface area contributed by atoms with E-state index in [-0.39, 0.29) is 5.91 Å². The molecule has 0 atom stereocenters. The Bertz CT molecular complexity index is 663. The first-order valence-electron chi connectivity index (χ1n) is 7.83. The molecule has 22 heavy (non-hydrogen) atoms. The van der Waals surface area contributed by atoms with Crippen LogP contribution in [-0.2, 0) is 0 Å². The third-order valence-corrected chi connectivity index (χ3v) is 4.04. The maximum atomic E-state index is 12.4. The second kappa shape index (κ2) is 6.60. The average Bonchev–Trinajstić information content (AvgIpc) is 2.58. The van der Waals surface area contributed by atoms with Crippen molar-refractivity contribution in [3.05, 3.63) is 53.7 Å². The lowest BCUT2D eigenvalue weighted by Crippen LogP contribution is -2.30. The fourth-order valence-corrected chi connectivity index (χ4v) is 2.75. The summed E-state index contributed by atoms with van der Waals surface area (Å²) < 4.78 is 0. The molecule has 0 saturated carbocycles. The van der Waals surface area contributed by atoms with Gasteiger partial charge in [0, 0.05) is 18.8 Å². The van der Waals surface area contributed by atoms with Crippen molar-refractivity contribution in [1.29, 1.82) is 0 Å². The largest absolute Gasteiger partial charge is 0.357 e. The van der Waals surface area contributed by atoms with Crippen LogP contribution in [0.5, 0.6) is 0 Å². The Hall–Kier alpha value is -2.36. The molecule has 4 heteroatoms. The molecule has 4 nitrogen and oxygen atoms in total. The molecule has 3 rings (SSSR count). The number of carbonyl (C=O) groups is 1. The Kier molecular flexibility index (Phi) is 4.37. The number of nitrogens with zero attached hydrogens (tertiary/aromatic N) is 2. The lowest BCUT2D eigenvalue weighted by molar-refractivity contribution is 0.102. The zero-order valence-corrected chi connectivity index (χ0v) is 12.9. The summed E-state index contributed by atoms with van der Waals surface area (Å²) >= 11 is 0. The predicted molar refractivity (Wildman–Crippen MR) is 89.4 cm³/mol. The van der Waals surface area contributed by atoms with Gasteiger partial charge in [-0.25, -0.2) is 4.98 Å². The lowest BCUT2D eigenvalue weighted by Gasteiger charge is -2.27. The number of benzene rings is 1. The summed E-state index contributed by atoms with van der Waals surface area (Å²) in [5.41, 5.74) is 2.34. The van der Waals surface area contributed by atoms with Gasteiger partial charge in [0.1, 0.15) is 11.5 Å². The van der Waals surface area contributed by atoms with E-state index in [1.54, 1.807) is 6.07 Å². The predicted octanol–water partition coefficient (Wildman–Crippen LogP) is 3.63. The van der Waals surface area contributed by atoms with E-state index in [9.17, 15) is 4.79 Å². The van der Waals surface area contributed by atoms with Gasteiger partial charge in [0.15, 0.2) is 0 Å². The number of piperidine rings is 1. The van der Waals surface area contributed by atoms with Crippen molar-refractivity contribution < 1.29 is 4.79 Å². The maximum Gasteiger partial charge on any atom is 0.274 e. The van der Waals surface area contributed by atoms with Gasteiger partial charge in [-0.15, -0.1) is 0 Å². The Morgan fingerprint density at radius 2 is 1.82 bits per heavy atom. The highest BCUT2D eigenvalue weighted by atomic mass is 16.1. The molecule has 1 amide bonds. The fourth-order valence-electron chi connectivity index (χ4n) is 2.75. The Morgan fingerprint density at radius 1 is 1.05 bits per heavy atom. The number of pyridine rings is 1. The van der Waals surface area contributed by atoms with Gasteiger partial charge < -0.3 is 10.2 Å². The molecule has 0 unspecified atom stereocenters. The Labute approximate surface area is 131 Å². The Morgan fingerprint density at radius 3 is 2.59 bits per heavy atom. The highest BCUT2D eigenvalue weighted by molar-refractivity contribution is 6.03. The van der Waals surface area contributed by atoms with Crippen molar-refractivity contribution in [2.45, 2.75) is 26.2 Å². The summed E-state index contributed by atoms with van der Waals surface area (Å²) in [6.45, 7) is 4.03.